The van der Waals surface area contributed by atoms with E-state index in [1.165, 1.54) is 37.7 Å². The molecular weight excluding hydrogens is 313 g/mol. The second-order valence-corrected chi connectivity index (χ2v) is 6.51. The Morgan fingerprint density at radius 1 is 1.00 bits per heavy atom. The first-order valence-electron chi connectivity index (χ1n) is 7.17. The lowest BCUT2D eigenvalue weighted by Crippen LogP contribution is -2.25. The molecule has 0 saturated heterocycles. The molecule has 0 aromatic heterocycles. The van der Waals surface area contributed by atoms with E-state index in [0.717, 1.165) is 10.5 Å². The number of hydrogen-bond donors (Lipinski definition) is 1. The molecule has 2 aromatic rings. The van der Waals surface area contributed by atoms with Gasteiger partial charge in [0.25, 0.3) is 0 Å². The Labute approximate surface area is 139 Å². The van der Waals surface area contributed by atoms with Crippen molar-refractivity contribution in [3.05, 3.63) is 59.9 Å². The zero-order chi connectivity index (χ0) is 17.0. The molecule has 0 spiro atoms. The Kier molecular flexibility index (Phi) is 5.55. The number of anilines is 1. The summed E-state index contributed by atoms with van der Waals surface area (Å²) in [6.07, 6.45) is 0. The molecule has 3 nitrogen and oxygen atoms in total. The standard InChI is InChI=1S/C18H18FNO2S/c1-11(21)17(12(2)22)18(13-7-9-14(19)10-8-13)23-16-6-4-3-5-15(16)20/h3-10,17-18H,20H2,1-2H3. The molecular formula is C18H18FNO2S. The molecule has 0 aliphatic carbocycles. The lowest BCUT2D eigenvalue weighted by Gasteiger charge is -2.24. The van der Waals surface area contributed by atoms with E-state index >= 15 is 0 Å². The van der Waals surface area contributed by atoms with Gasteiger partial charge >= 0.3 is 0 Å². The summed E-state index contributed by atoms with van der Waals surface area (Å²) >= 11 is 1.35. The van der Waals surface area contributed by atoms with Gasteiger partial charge < -0.3 is 5.73 Å². The Morgan fingerprint density at radius 3 is 2.09 bits per heavy atom. The number of nitrogens with two attached hydrogens (primary N) is 1. The smallest absolute Gasteiger partial charge is 0.141 e. The van der Waals surface area contributed by atoms with Crippen LogP contribution in [0.5, 0.6) is 0 Å². The van der Waals surface area contributed by atoms with E-state index in [9.17, 15) is 14.0 Å². The van der Waals surface area contributed by atoms with Gasteiger partial charge in [-0.3, -0.25) is 9.59 Å². The third-order valence-electron chi connectivity index (χ3n) is 3.55. The summed E-state index contributed by atoms with van der Waals surface area (Å²) in [5, 5.41) is -0.449. The van der Waals surface area contributed by atoms with Gasteiger partial charge in [-0.1, -0.05) is 24.3 Å². The van der Waals surface area contributed by atoms with Crippen molar-refractivity contribution in [1.82, 2.24) is 0 Å². The highest BCUT2D eigenvalue weighted by molar-refractivity contribution is 7.99. The highest BCUT2D eigenvalue weighted by Gasteiger charge is 2.32. The number of carbonyl (C=O) groups is 2. The second-order valence-electron chi connectivity index (χ2n) is 5.33. The summed E-state index contributed by atoms with van der Waals surface area (Å²) in [6, 6.07) is 13.1. The van der Waals surface area contributed by atoms with Crippen LogP contribution in [-0.2, 0) is 9.59 Å². The predicted octanol–water partition coefficient (Wildman–Crippen LogP) is 4.04. The van der Waals surface area contributed by atoms with Crippen molar-refractivity contribution in [2.24, 2.45) is 5.92 Å². The van der Waals surface area contributed by atoms with Crippen molar-refractivity contribution >= 4 is 29.0 Å². The molecule has 1 unspecified atom stereocenters. The predicted molar refractivity (Wildman–Crippen MR) is 90.7 cm³/mol. The molecule has 2 aromatic carbocycles. The summed E-state index contributed by atoms with van der Waals surface area (Å²) in [5.74, 6) is -1.59. The van der Waals surface area contributed by atoms with Gasteiger partial charge in [-0.2, -0.15) is 0 Å². The lowest BCUT2D eigenvalue weighted by molar-refractivity contribution is -0.130. The second kappa shape index (κ2) is 7.42. The highest BCUT2D eigenvalue weighted by atomic mass is 32.2. The fraction of sp³-hybridized carbons (Fsp3) is 0.222. The summed E-state index contributed by atoms with van der Waals surface area (Å²) in [5.41, 5.74) is 7.27. The third-order valence-corrected chi connectivity index (χ3v) is 4.97. The SMILES string of the molecule is CC(=O)C(C(C)=O)C(Sc1ccccc1N)c1ccc(F)cc1. The molecule has 0 radical (unpaired) electrons. The van der Waals surface area contributed by atoms with Gasteiger partial charge in [0.1, 0.15) is 17.4 Å². The van der Waals surface area contributed by atoms with Crippen molar-refractivity contribution in [3.8, 4) is 0 Å². The average Bonchev–Trinajstić information content (AvgIpc) is 2.49. The molecule has 120 valence electrons. The van der Waals surface area contributed by atoms with Crippen molar-refractivity contribution < 1.29 is 14.0 Å². The summed E-state index contributed by atoms with van der Waals surface area (Å²) in [6.45, 7) is 2.80. The van der Waals surface area contributed by atoms with Gasteiger partial charge in [0.2, 0.25) is 0 Å². The van der Waals surface area contributed by atoms with Gasteiger partial charge in [-0.05, 0) is 43.7 Å². The number of benzene rings is 2. The number of thioether (sulfide) groups is 1. The Bertz CT molecular complexity index is 701. The first kappa shape index (κ1) is 17.2. The van der Waals surface area contributed by atoms with E-state index < -0.39 is 11.2 Å². The highest BCUT2D eigenvalue weighted by Crippen LogP contribution is 2.43. The number of hydrogen-bond acceptors (Lipinski definition) is 4. The minimum atomic E-state index is -0.801. The van der Waals surface area contributed by atoms with Crippen LogP contribution in [0.2, 0.25) is 0 Å². The first-order chi connectivity index (χ1) is 10.9. The fourth-order valence-corrected chi connectivity index (χ4v) is 3.87. The van der Waals surface area contributed by atoms with Crippen molar-refractivity contribution in [3.63, 3.8) is 0 Å². The van der Waals surface area contributed by atoms with Crippen LogP contribution in [0, 0.1) is 11.7 Å². The van der Waals surface area contributed by atoms with Crippen molar-refractivity contribution in [2.75, 3.05) is 5.73 Å². The zero-order valence-electron chi connectivity index (χ0n) is 13.0. The van der Waals surface area contributed by atoms with Gasteiger partial charge in [0.05, 0.1) is 11.2 Å². The molecule has 2 rings (SSSR count). The molecule has 0 aliphatic rings. The monoisotopic (exact) mass is 331 g/mol. The first-order valence-corrected chi connectivity index (χ1v) is 8.05. The number of Topliss-reactive ketones (excluding diaryl/α,β-unsaturated/α-hetero) is 2. The molecule has 2 N–H and O–H groups in total. The molecule has 5 heteroatoms. The zero-order valence-corrected chi connectivity index (χ0v) is 13.8. The van der Waals surface area contributed by atoms with Gasteiger partial charge in [0, 0.05) is 10.6 Å². The molecule has 0 heterocycles. The number of para-hydroxylation sites is 1. The number of carbonyl (C=O) groups excluding carboxylic acids is 2. The van der Waals surface area contributed by atoms with Crippen LogP contribution in [0.3, 0.4) is 0 Å². The average molecular weight is 331 g/mol. The topological polar surface area (TPSA) is 60.2 Å². The normalized spacial score (nSPS) is 12.2. The van der Waals surface area contributed by atoms with Crippen molar-refractivity contribution in [2.45, 2.75) is 24.0 Å². The van der Waals surface area contributed by atoms with E-state index in [0.29, 0.717) is 5.69 Å². The molecule has 0 bridgehead atoms. The van der Waals surface area contributed by atoms with Crippen LogP contribution in [-0.4, -0.2) is 11.6 Å². The molecule has 0 aliphatic heterocycles. The molecule has 1 atom stereocenters. The van der Waals surface area contributed by atoms with E-state index in [4.69, 9.17) is 5.73 Å². The van der Waals surface area contributed by atoms with Crippen LogP contribution in [0.4, 0.5) is 10.1 Å². The van der Waals surface area contributed by atoms with Gasteiger partial charge in [-0.15, -0.1) is 11.8 Å². The van der Waals surface area contributed by atoms with Crippen LogP contribution in [0.25, 0.3) is 0 Å². The minimum absolute atomic E-state index is 0.214. The number of ketones is 2. The summed E-state index contributed by atoms with van der Waals surface area (Å²) in [4.78, 5) is 24.8. The van der Waals surface area contributed by atoms with E-state index in [1.807, 2.05) is 18.2 Å². The van der Waals surface area contributed by atoms with Crippen LogP contribution < -0.4 is 5.73 Å². The summed E-state index contributed by atoms with van der Waals surface area (Å²) in [7, 11) is 0. The molecule has 0 fully saturated rings. The fourth-order valence-electron chi connectivity index (χ4n) is 2.42. The number of rotatable bonds is 6. The number of nitrogen functional groups attached to an aromatic ring is 1. The lowest BCUT2D eigenvalue weighted by atomic mass is 9.92. The van der Waals surface area contributed by atoms with E-state index in [2.05, 4.69) is 0 Å². The maximum absolute atomic E-state index is 13.2. The van der Waals surface area contributed by atoms with Gasteiger partial charge in [-0.25, -0.2) is 4.39 Å². The maximum Gasteiger partial charge on any atom is 0.141 e. The van der Waals surface area contributed by atoms with Crippen LogP contribution in [0.15, 0.2) is 53.4 Å². The number of halogens is 1. The Balaban J connectivity index is 2.46. The van der Waals surface area contributed by atoms with Gasteiger partial charge in [0.15, 0.2) is 0 Å². The molecule has 0 saturated carbocycles. The van der Waals surface area contributed by atoms with E-state index in [1.54, 1.807) is 18.2 Å². The Hall–Kier alpha value is -2.14. The summed E-state index contributed by atoms with van der Waals surface area (Å²) < 4.78 is 13.2. The van der Waals surface area contributed by atoms with E-state index in [-0.39, 0.29) is 17.4 Å². The third kappa shape index (κ3) is 4.20. The quantitative estimate of drug-likeness (QED) is 0.493. The Morgan fingerprint density at radius 2 is 1.57 bits per heavy atom. The molecule has 0 amide bonds. The van der Waals surface area contributed by atoms with Crippen molar-refractivity contribution in [1.29, 1.82) is 0 Å². The van der Waals surface area contributed by atoms with Crippen LogP contribution >= 0.6 is 11.8 Å². The maximum atomic E-state index is 13.2. The largest absolute Gasteiger partial charge is 0.398 e. The molecule has 23 heavy (non-hydrogen) atoms. The minimum Gasteiger partial charge on any atom is -0.398 e. The van der Waals surface area contributed by atoms with Crippen LogP contribution in [0.1, 0.15) is 24.7 Å².